The molecular formula is C11H15N3O2. The minimum Gasteiger partial charge on any atom is -0.504 e. The van der Waals surface area contributed by atoms with Crippen molar-refractivity contribution in [1.29, 1.82) is 5.41 Å². The molecule has 16 heavy (non-hydrogen) atoms. The largest absolute Gasteiger partial charge is 0.504 e. The number of nitrogens with zero attached hydrogens (tertiary/aromatic N) is 1. The first kappa shape index (κ1) is 10.6. The van der Waals surface area contributed by atoms with Crippen LogP contribution < -0.4 is 5.73 Å². The van der Waals surface area contributed by atoms with Crippen molar-refractivity contribution in [2.24, 2.45) is 5.73 Å². The van der Waals surface area contributed by atoms with E-state index < -0.39 is 0 Å². The molecule has 5 N–H and O–H groups in total. The van der Waals surface area contributed by atoms with Crippen molar-refractivity contribution >= 4 is 5.96 Å². The predicted molar refractivity (Wildman–Crippen MR) is 60.6 cm³/mol. The van der Waals surface area contributed by atoms with E-state index in [1.165, 1.54) is 6.07 Å². The van der Waals surface area contributed by atoms with Gasteiger partial charge < -0.3 is 20.8 Å². The number of rotatable bonds is 1. The average molecular weight is 221 g/mol. The van der Waals surface area contributed by atoms with Crippen LogP contribution in [-0.4, -0.2) is 34.2 Å². The zero-order valence-corrected chi connectivity index (χ0v) is 8.85. The van der Waals surface area contributed by atoms with Gasteiger partial charge in [0.05, 0.1) is 0 Å². The van der Waals surface area contributed by atoms with E-state index in [2.05, 4.69) is 0 Å². The highest BCUT2D eigenvalue weighted by atomic mass is 16.3. The van der Waals surface area contributed by atoms with Crippen molar-refractivity contribution in [2.75, 3.05) is 13.1 Å². The summed E-state index contributed by atoms with van der Waals surface area (Å²) in [6.45, 7) is 1.46. The van der Waals surface area contributed by atoms with Crippen molar-refractivity contribution in [3.8, 4) is 11.5 Å². The molecule has 1 aromatic rings. The van der Waals surface area contributed by atoms with Crippen LogP contribution in [0.3, 0.4) is 0 Å². The first-order chi connectivity index (χ1) is 7.58. The lowest BCUT2D eigenvalue weighted by atomic mass is 9.98. The monoisotopic (exact) mass is 221 g/mol. The Morgan fingerprint density at radius 3 is 2.69 bits per heavy atom. The lowest BCUT2D eigenvalue weighted by Gasteiger charge is -2.16. The molecule has 1 aliphatic heterocycles. The van der Waals surface area contributed by atoms with Crippen LogP contribution in [0, 0.1) is 5.41 Å². The number of benzene rings is 1. The highest BCUT2D eigenvalue weighted by molar-refractivity contribution is 5.75. The molecule has 5 heteroatoms. The summed E-state index contributed by atoms with van der Waals surface area (Å²) < 4.78 is 0. The van der Waals surface area contributed by atoms with E-state index in [9.17, 15) is 10.2 Å². The van der Waals surface area contributed by atoms with Gasteiger partial charge in [0.15, 0.2) is 17.5 Å². The van der Waals surface area contributed by atoms with Gasteiger partial charge in [-0.05, 0) is 24.1 Å². The summed E-state index contributed by atoms with van der Waals surface area (Å²) in [7, 11) is 0. The van der Waals surface area contributed by atoms with Gasteiger partial charge in [-0.3, -0.25) is 5.41 Å². The fourth-order valence-electron chi connectivity index (χ4n) is 2.05. The van der Waals surface area contributed by atoms with Crippen LogP contribution >= 0.6 is 0 Å². The van der Waals surface area contributed by atoms with E-state index in [4.69, 9.17) is 11.1 Å². The van der Waals surface area contributed by atoms with Gasteiger partial charge in [-0.15, -0.1) is 0 Å². The molecule has 0 saturated carbocycles. The summed E-state index contributed by atoms with van der Waals surface area (Å²) in [5, 5.41) is 26.0. The normalized spacial score (nSPS) is 20.0. The number of hydrogen-bond donors (Lipinski definition) is 4. The third-order valence-corrected chi connectivity index (χ3v) is 3.00. The van der Waals surface area contributed by atoms with Crippen molar-refractivity contribution < 1.29 is 10.2 Å². The highest BCUT2D eigenvalue weighted by Gasteiger charge is 2.25. The van der Waals surface area contributed by atoms with Crippen molar-refractivity contribution in [2.45, 2.75) is 12.3 Å². The number of phenolic OH excluding ortho intramolecular Hbond substituents is 2. The molecule has 0 amide bonds. The maximum Gasteiger partial charge on any atom is 0.188 e. The summed E-state index contributed by atoms with van der Waals surface area (Å²) in [4.78, 5) is 1.80. The molecule has 5 nitrogen and oxygen atoms in total. The number of nitrogens with two attached hydrogens (primary N) is 1. The van der Waals surface area contributed by atoms with Crippen LogP contribution in [-0.2, 0) is 0 Å². The molecule has 0 bridgehead atoms. The van der Waals surface area contributed by atoms with Crippen LogP contribution in [0.25, 0.3) is 0 Å². The molecule has 2 rings (SSSR count). The lowest BCUT2D eigenvalue weighted by molar-refractivity contribution is 0.402. The van der Waals surface area contributed by atoms with Gasteiger partial charge in [-0.25, -0.2) is 0 Å². The zero-order valence-electron chi connectivity index (χ0n) is 8.85. The molecule has 1 aromatic carbocycles. The van der Waals surface area contributed by atoms with Crippen LogP contribution in [0.4, 0.5) is 0 Å². The van der Waals surface area contributed by atoms with Crippen LogP contribution in [0.15, 0.2) is 18.2 Å². The standard InChI is InChI=1S/C11H15N3O2/c12-11(13)14-4-3-8(6-14)7-1-2-9(15)10(16)5-7/h1-2,5,8,15-16H,3-4,6H2,(H3,12,13). The maximum absolute atomic E-state index is 9.40. The maximum atomic E-state index is 9.40. The summed E-state index contributed by atoms with van der Waals surface area (Å²) >= 11 is 0. The molecule has 1 saturated heterocycles. The molecule has 1 unspecified atom stereocenters. The molecule has 1 atom stereocenters. The number of aromatic hydroxyl groups is 2. The molecular weight excluding hydrogens is 206 g/mol. The molecule has 0 aromatic heterocycles. The minimum atomic E-state index is -0.106. The van der Waals surface area contributed by atoms with Gasteiger partial charge in [0.25, 0.3) is 0 Å². The SMILES string of the molecule is N=C(N)N1CCC(c2ccc(O)c(O)c2)C1. The molecule has 0 spiro atoms. The average Bonchev–Trinajstić information content (AvgIpc) is 2.71. The van der Waals surface area contributed by atoms with E-state index >= 15 is 0 Å². The second-order valence-electron chi connectivity index (χ2n) is 4.07. The Balaban J connectivity index is 2.14. The van der Waals surface area contributed by atoms with Gasteiger partial charge in [-0.1, -0.05) is 6.07 Å². The molecule has 86 valence electrons. The Morgan fingerprint density at radius 2 is 2.12 bits per heavy atom. The van der Waals surface area contributed by atoms with E-state index in [-0.39, 0.29) is 23.4 Å². The third-order valence-electron chi connectivity index (χ3n) is 3.00. The van der Waals surface area contributed by atoms with Crippen LogP contribution in [0.1, 0.15) is 17.9 Å². The second kappa shape index (κ2) is 3.92. The first-order valence-corrected chi connectivity index (χ1v) is 5.19. The molecule has 1 fully saturated rings. The van der Waals surface area contributed by atoms with Crippen molar-refractivity contribution in [1.82, 2.24) is 4.90 Å². The Labute approximate surface area is 93.6 Å². The van der Waals surface area contributed by atoms with Gasteiger partial charge in [0.1, 0.15) is 0 Å². The van der Waals surface area contributed by atoms with Gasteiger partial charge >= 0.3 is 0 Å². The molecule has 0 aliphatic carbocycles. The van der Waals surface area contributed by atoms with Crippen molar-refractivity contribution in [3.63, 3.8) is 0 Å². The second-order valence-corrected chi connectivity index (χ2v) is 4.07. The first-order valence-electron chi connectivity index (χ1n) is 5.19. The summed E-state index contributed by atoms with van der Waals surface area (Å²) in [6.07, 6.45) is 0.907. The summed E-state index contributed by atoms with van der Waals surface area (Å²) in [5.74, 6) is 0.143. The third kappa shape index (κ3) is 1.88. The predicted octanol–water partition coefficient (Wildman–Crippen LogP) is 0.781. The van der Waals surface area contributed by atoms with E-state index in [0.717, 1.165) is 18.5 Å². The van der Waals surface area contributed by atoms with Gasteiger partial charge in [0, 0.05) is 19.0 Å². The van der Waals surface area contributed by atoms with E-state index in [0.29, 0.717) is 6.54 Å². The van der Waals surface area contributed by atoms with Gasteiger partial charge in [0.2, 0.25) is 0 Å². The van der Waals surface area contributed by atoms with E-state index in [1.807, 2.05) is 0 Å². The molecule has 0 radical (unpaired) electrons. The smallest absolute Gasteiger partial charge is 0.188 e. The number of hydrogen-bond acceptors (Lipinski definition) is 3. The number of nitrogens with one attached hydrogen (secondary N) is 1. The van der Waals surface area contributed by atoms with Crippen LogP contribution in [0.5, 0.6) is 11.5 Å². The fraction of sp³-hybridized carbons (Fsp3) is 0.364. The Morgan fingerprint density at radius 1 is 1.38 bits per heavy atom. The molecule has 1 heterocycles. The zero-order chi connectivity index (χ0) is 11.7. The number of guanidine groups is 1. The summed E-state index contributed by atoms with van der Waals surface area (Å²) in [6, 6.07) is 4.86. The quantitative estimate of drug-likeness (QED) is 0.320. The van der Waals surface area contributed by atoms with Crippen molar-refractivity contribution in [3.05, 3.63) is 23.8 Å². The van der Waals surface area contributed by atoms with E-state index in [1.54, 1.807) is 17.0 Å². The summed E-state index contributed by atoms with van der Waals surface area (Å²) in [5.41, 5.74) is 6.38. The highest BCUT2D eigenvalue weighted by Crippen LogP contribution is 2.32. The lowest BCUT2D eigenvalue weighted by Crippen LogP contribution is -2.34. The number of likely N-dealkylation sites (tertiary alicyclic amines) is 1. The van der Waals surface area contributed by atoms with Gasteiger partial charge in [-0.2, -0.15) is 0 Å². The topological polar surface area (TPSA) is 93.6 Å². The minimum absolute atomic E-state index is 0.0884. The fourth-order valence-corrected chi connectivity index (χ4v) is 2.05. The van der Waals surface area contributed by atoms with Crippen LogP contribution in [0.2, 0.25) is 0 Å². The Kier molecular flexibility index (Phi) is 2.60. The molecule has 1 aliphatic rings. The Hall–Kier alpha value is -1.91. The number of phenols is 2. The Bertz CT molecular complexity index is 420.